The monoisotopic (exact) mass is 379 g/mol. The van der Waals surface area contributed by atoms with Crippen molar-refractivity contribution in [2.75, 3.05) is 0 Å². The second kappa shape index (κ2) is 7.07. The molecular formula is C17H15Cl2Zr. The SMILES string of the molecule is Cc1cc(C)c2c(c1)C=[C]([Zr+2])C2c1ccccc1.[Cl-].[Cl-]. The van der Waals surface area contributed by atoms with E-state index >= 15 is 0 Å². The molecule has 1 aliphatic carbocycles. The first-order chi connectivity index (χ1) is 8.66. The van der Waals surface area contributed by atoms with E-state index in [2.05, 4.69) is 62.4 Å². The van der Waals surface area contributed by atoms with Crippen LogP contribution in [0.1, 0.15) is 33.7 Å². The van der Waals surface area contributed by atoms with Crippen molar-refractivity contribution < 1.29 is 49.5 Å². The van der Waals surface area contributed by atoms with Gasteiger partial charge in [-0.25, -0.2) is 0 Å². The van der Waals surface area contributed by atoms with E-state index in [0.29, 0.717) is 5.92 Å². The minimum absolute atomic E-state index is 0. The van der Waals surface area contributed by atoms with E-state index in [4.69, 9.17) is 0 Å². The Bertz CT molecular complexity index is 633. The molecule has 0 nitrogen and oxygen atoms in total. The van der Waals surface area contributed by atoms with Gasteiger partial charge in [0.25, 0.3) is 0 Å². The predicted molar refractivity (Wildman–Crippen MR) is 72.2 cm³/mol. The van der Waals surface area contributed by atoms with Crippen LogP contribution in [0.25, 0.3) is 6.08 Å². The van der Waals surface area contributed by atoms with Gasteiger partial charge in [-0.05, 0) is 0 Å². The summed E-state index contributed by atoms with van der Waals surface area (Å²) in [5.74, 6) is 0.486. The molecule has 0 aliphatic heterocycles. The van der Waals surface area contributed by atoms with Gasteiger partial charge in [0.15, 0.2) is 0 Å². The molecule has 0 spiro atoms. The van der Waals surface area contributed by atoms with Gasteiger partial charge in [0.1, 0.15) is 0 Å². The van der Waals surface area contributed by atoms with Gasteiger partial charge in [-0.3, -0.25) is 0 Å². The molecule has 2 aromatic carbocycles. The Morgan fingerprint density at radius 1 is 0.950 bits per heavy atom. The maximum Gasteiger partial charge on any atom is -1.00 e. The van der Waals surface area contributed by atoms with E-state index in [1.807, 2.05) is 0 Å². The van der Waals surface area contributed by atoms with Gasteiger partial charge in [-0.2, -0.15) is 0 Å². The van der Waals surface area contributed by atoms with E-state index in [-0.39, 0.29) is 24.8 Å². The van der Waals surface area contributed by atoms with Crippen molar-refractivity contribution >= 4 is 6.08 Å². The normalized spacial score (nSPS) is 15.8. The molecule has 3 heteroatoms. The summed E-state index contributed by atoms with van der Waals surface area (Å²) in [6, 6.07) is 15.5. The third kappa shape index (κ3) is 3.11. The number of benzene rings is 2. The van der Waals surface area contributed by atoms with E-state index in [1.54, 1.807) is 0 Å². The van der Waals surface area contributed by atoms with Crippen LogP contribution < -0.4 is 24.8 Å². The molecule has 0 saturated heterocycles. The van der Waals surface area contributed by atoms with Crippen LogP contribution in [0.4, 0.5) is 0 Å². The van der Waals surface area contributed by atoms with Crippen molar-refractivity contribution in [3.05, 3.63) is 73.6 Å². The number of allylic oxidation sites excluding steroid dienone is 1. The number of aryl methyl sites for hydroxylation is 2. The van der Waals surface area contributed by atoms with Gasteiger partial charge in [0, 0.05) is 0 Å². The van der Waals surface area contributed by atoms with Crippen molar-refractivity contribution in [1.29, 1.82) is 0 Å². The van der Waals surface area contributed by atoms with Crippen LogP contribution in [0.3, 0.4) is 0 Å². The molecule has 0 heterocycles. The van der Waals surface area contributed by atoms with Crippen LogP contribution in [0.2, 0.25) is 0 Å². The Kier molecular flexibility index (Phi) is 6.26. The van der Waals surface area contributed by atoms with Gasteiger partial charge >= 0.3 is 124 Å². The minimum Gasteiger partial charge on any atom is -1.00 e. The molecule has 0 fully saturated rings. The second-order valence-electron chi connectivity index (χ2n) is 5.03. The Hall–Kier alpha value is -0.357. The third-order valence-electron chi connectivity index (χ3n) is 3.61. The molecule has 3 rings (SSSR count). The topological polar surface area (TPSA) is 0 Å². The minimum atomic E-state index is 0. The molecule has 0 saturated carbocycles. The fourth-order valence-electron chi connectivity index (χ4n) is 2.92. The first-order valence-corrected chi connectivity index (χ1v) is 7.49. The van der Waals surface area contributed by atoms with E-state index in [1.165, 1.54) is 55.8 Å². The number of hydrogen-bond acceptors (Lipinski definition) is 0. The van der Waals surface area contributed by atoms with Gasteiger partial charge in [0.05, 0.1) is 0 Å². The molecule has 20 heavy (non-hydrogen) atoms. The summed E-state index contributed by atoms with van der Waals surface area (Å²) in [6.07, 6.45) is 2.38. The summed E-state index contributed by atoms with van der Waals surface area (Å²) in [6.45, 7) is 4.42. The summed E-state index contributed by atoms with van der Waals surface area (Å²) in [7, 11) is 0. The Labute approximate surface area is 148 Å². The summed E-state index contributed by atoms with van der Waals surface area (Å²) in [4.78, 5) is 0. The summed E-state index contributed by atoms with van der Waals surface area (Å²) >= 11 is 1.52. The van der Waals surface area contributed by atoms with Gasteiger partial charge in [-0.1, -0.05) is 0 Å². The van der Waals surface area contributed by atoms with E-state index in [9.17, 15) is 0 Å². The van der Waals surface area contributed by atoms with Crippen molar-refractivity contribution in [1.82, 2.24) is 0 Å². The number of fused-ring (bicyclic) bond motifs is 1. The second-order valence-corrected chi connectivity index (χ2v) is 6.45. The maximum absolute atomic E-state index is 2.38. The summed E-state index contributed by atoms with van der Waals surface area (Å²) < 4.78 is 1.54. The zero-order valence-corrected chi connectivity index (χ0v) is 15.4. The quantitative estimate of drug-likeness (QED) is 0.555. The predicted octanol–water partition coefficient (Wildman–Crippen LogP) is -1.66. The van der Waals surface area contributed by atoms with Gasteiger partial charge in [-0.15, -0.1) is 0 Å². The van der Waals surface area contributed by atoms with Gasteiger partial charge in [0.2, 0.25) is 0 Å². The Balaban J connectivity index is 0.000001000. The van der Waals surface area contributed by atoms with Crippen molar-refractivity contribution in [2.24, 2.45) is 0 Å². The maximum atomic E-state index is 2.38. The van der Waals surface area contributed by atoms with Crippen LogP contribution in [0.15, 0.2) is 45.7 Å². The number of halogens is 2. The van der Waals surface area contributed by atoms with Crippen molar-refractivity contribution in [3.8, 4) is 0 Å². The molecule has 2 aromatic rings. The largest absolute Gasteiger partial charge is 1.00 e. The van der Waals surface area contributed by atoms with Crippen LogP contribution in [0.5, 0.6) is 0 Å². The van der Waals surface area contributed by atoms with Crippen molar-refractivity contribution in [3.63, 3.8) is 0 Å². The molecule has 0 amide bonds. The third-order valence-corrected chi connectivity index (χ3v) is 4.67. The molecule has 1 unspecified atom stereocenters. The molecule has 1 atom stereocenters. The average molecular weight is 381 g/mol. The summed E-state index contributed by atoms with van der Waals surface area (Å²) in [5.41, 5.74) is 7.14. The standard InChI is InChI=1S/C17H15.2ClH.Zr/c1-12-10-13(2)17-15(11-12)8-9-16(17)14-6-4-3-5-7-14;;;/h3-8,10-11,16H,1-2H3;2*1H;/q;;;+2/p-2. The Morgan fingerprint density at radius 3 is 2.25 bits per heavy atom. The van der Waals surface area contributed by atoms with Crippen LogP contribution >= 0.6 is 0 Å². The smallest absolute Gasteiger partial charge is 1.00 e. The molecule has 101 valence electrons. The fourth-order valence-corrected chi connectivity index (χ4v) is 4.07. The van der Waals surface area contributed by atoms with Crippen LogP contribution in [-0.2, 0) is 24.7 Å². The summed E-state index contributed by atoms with van der Waals surface area (Å²) in [5, 5.41) is 0. The molecule has 0 bridgehead atoms. The molecule has 0 radical (unpaired) electrons. The molecule has 0 aromatic heterocycles. The fraction of sp³-hybridized carbons (Fsp3) is 0.176. The first-order valence-electron chi connectivity index (χ1n) is 6.26. The van der Waals surface area contributed by atoms with Crippen molar-refractivity contribution in [2.45, 2.75) is 19.8 Å². The molecule has 1 aliphatic rings. The van der Waals surface area contributed by atoms with Crippen LogP contribution in [-0.4, -0.2) is 0 Å². The average Bonchev–Trinajstić information content (AvgIpc) is 2.66. The molecule has 0 N–H and O–H groups in total. The first kappa shape index (κ1) is 17.7. The van der Waals surface area contributed by atoms with Gasteiger partial charge < -0.3 is 24.8 Å². The zero-order chi connectivity index (χ0) is 12.7. The molecular weight excluding hydrogens is 366 g/mol. The number of hydrogen-bond donors (Lipinski definition) is 0. The Morgan fingerprint density at radius 2 is 1.60 bits per heavy atom. The van der Waals surface area contributed by atoms with E-state index < -0.39 is 0 Å². The van der Waals surface area contributed by atoms with Crippen LogP contribution in [0, 0.1) is 13.8 Å². The van der Waals surface area contributed by atoms with E-state index in [0.717, 1.165) is 0 Å². The number of rotatable bonds is 1. The zero-order valence-electron chi connectivity index (χ0n) is 11.5.